The van der Waals surface area contributed by atoms with Crippen LogP contribution in [0.4, 0.5) is 0 Å². The number of phenolic OH excluding ortho intramolecular Hbond substituents is 1. The van der Waals surface area contributed by atoms with Crippen LogP contribution in [0.3, 0.4) is 0 Å². The summed E-state index contributed by atoms with van der Waals surface area (Å²) in [6, 6.07) is 16.7. The number of para-hydroxylation sites is 1. The van der Waals surface area contributed by atoms with Gasteiger partial charge in [-0.3, -0.25) is 4.79 Å². The fourth-order valence-corrected chi connectivity index (χ4v) is 4.23. The molecule has 10 heteroatoms. The Kier molecular flexibility index (Phi) is 6.22. The van der Waals surface area contributed by atoms with E-state index in [0.717, 1.165) is 16.7 Å². The number of ether oxygens (including phenoxy) is 1. The van der Waals surface area contributed by atoms with Gasteiger partial charge in [0, 0.05) is 18.1 Å². The molecule has 0 saturated heterocycles. The number of amides is 1. The summed E-state index contributed by atoms with van der Waals surface area (Å²) in [6.07, 6.45) is 3.02. The molecule has 9 nitrogen and oxygen atoms in total. The lowest BCUT2D eigenvalue weighted by Crippen LogP contribution is -2.41. The van der Waals surface area contributed by atoms with Gasteiger partial charge in [-0.05, 0) is 31.5 Å². The van der Waals surface area contributed by atoms with Gasteiger partial charge < -0.3 is 20.1 Å². The zero-order valence-corrected chi connectivity index (χ0v) is 21.0. The maximum absolute atomic E-state index is 11.4. The van der Waals surface area contributed by atoms with Gasteiger partial charge in [0.1, 0.15) is 5.75 Å². The number of carbonyl (C=O) groups is 1. The normalized spacial score (nSPS) is 11.5. The number of benzene rings is 2. The fourth-order valence-electron chi connectivity index (χ4n) is 3.97. The van der Waals surface area contributed by atoms with Gasteiger partial charge >= 0.3 is 6.01 Å². The van der Waals surface area contributed by atoms with Crippen molar-refractivity contribution >= 4 is 28.7 Å². The number of nitrogens with zero attached hydrogens (tertiary/aromatic N) is 4. The molecule has 0 saturated carbocycles. The Morgan fingerprint density at radius 1 is 1.03 bits per heavy atom. The number of H-pyrrole nitrogens is 1. The molecule has 186 valence electrons. The zero-order chi connectivity index (χ0) is 26.2. The van der Waals surface area contributed by atoms with Crippen LogP contribution in [0.15, 0.2) is 67.0 Å². The third-order valence-corrected chi connectivity index (χ3v) is 5.96. The van der Waals surface area contributed by atoms with Crippen molar-refractivity contribution < 1.29 is 14.6 Å². The van der Waals surface area contributed by atoms with E-state index in [9.17, 15) is 9.90 Å². The Balaban J connectivity index is 1.38. The quantitative estimate of drug-likeness (QED) is 0.269. The highest BCUT2D eigenvalue weighted by molar-refractivity contribution is 6.33. The molecule has 5 aromatic rings. The first-order valence-electron chi connectivity index (χ1n) is 11.4. The Hall–Kier alpha value is -4.50. The number of imidazole rings is 1. The Morgan fingerprint density at radius 2 is 1.70 bits per heavy atom. The number of aromatic nitrogens is 5. The van der Waals surface area contributed by atoms with Crippen molar-refractivity contribution in [2.45, 2.75) is 26.3 Å². The molecule has 3 N–H and O–H groups in total. The molecule has 3 aromatic heterocycles. The largest absolute Gasteiger partial charge is 0.507 e. The highest BCUT2D eigenvalue weighted by Gasteiger charge is 2.24. The number of aromatic amines is 1. The van der Waals surface area contributed by atoms with Crippen LogP contribution in [-0.2, 0) is 10.3 Å². The molecular weight excluding hydrogens is 492 g/mol. The number of hydrogen-bond acceptors (Lipinski definition) is 7. The predicted molar refractivity (Wildman–Crippen MR) is 140 cm³/mol. The molecule has 0 atom stereocenters. The third kappa shape index (κ3) is 5.07. The van der Waals surface area contributed by atoms with Gasteiger partial charge in [-0.15, -0.1) is 0 Å². The molecular formula is C27H23ClN6O3. The van der Waals surface area contributed by atoms with E-state index < -0.39 is 5.54 Å². The lowest BCUT2D eigenvalue weighted by molar-refractivity contribution is -0.120. The molecule has 0 unspecified atom stereocenters. The van der Waals surface area contributed by atoms with Crippen molar-refractivity contribution in [1.29, 1.82) is 0 Å². The molecule has 0 bridgehead atoms. The minimum atomic E-state index is -0.722. The number of halogens is 1. The summed E-state index contributed by atoms with van der Waals surface area (Å²) in [5.74, 6) is 0.861. The molecule has 2 aromatic carbocycles. The van der Waals surface area contributed by atoms with Crippen molar-refractivity contribution in [3.8, 4) is 39.9 Å². The van der Waals surface area contributed by atoms with Crippen molar-refractivity contribution in [3.05, 3.63) is 77.8 Å². The van der Waals surface area contributed by atoms with E-state index in [-0.39, 0.29) is 17.7 Å². The number of phenols is 1. The molecule has 1 amide bonds. The summed E-state index contributed by atoms with van der Waals surface area (Å²) < 4.78 is 5.79. The van der Waals surface area contributed by atoms with E-state index >= 15 is 0 Å². The van der Waals surface area contributed by atoms with E-state index in [1.165, 1.54) is 19.3 Å². The van der Waals surface area contributed by atoms with E-state index in [4.69, 9.17) is 16.3 Å². The molecule has 0 spiro atoms. The predicted octanol–water partition coefficient (Wildman–Crippen LogP) is 5.60. The van der Waals surface area contributed by atoms with Crippen molar-refractivity contribution in [2.75, 3.05) is 0 Å². The number of carbonyl (C=O) groups excluding carboxylic acids is 1. The molecule has 0 aliphatic heterocycles. The SMILES string of the molecule is CC(=O)NC(C)(C)c1ncc(Oc2nc3nc(-c4ccc(-c5ccccc5O)cc4)c(Cl)cc3[nH]2)cn1. The summed E-state index contributed by atoms with van der Waals surface area (Å²) in [4.78, 5) is 32.2. The second kappa shape index (κ2) is 9.51. The van der Waals surface area contributed by atoms with Crippen LogP contribution in [0, 0.1) is 0 Å². The van der Waals surface area contributed by atoms with Gasteiger partial charge in [-0.1, -0.05) is 54.1 Å². The number of aromatic hydroxyl groups is 1. The molecule has 0 radical (unpaired) electrons. The smallest absolute Gasteiger partial charge is 0.301 e. The first-order chi connectivity index (χ1) is 17.7. The minimum Gasteiger partial charge on any atom is -0.507 e. The number of nitrogens with one attached hydrogen (secondary N) is 2. The van der Waals surface area contributed by atoms with Crippen molar-refractivity contribution in [2.24, 2.45) is 0 Å². The summed E-state index contributed by atoms with van der Waals surface area (Å²) in [7, 11) is 0. The molecule has 5 rings (SSSR count). The Morgan fingerprint density at radius 3 is 2.38 bits per heavy atom. The van der Waals surface area contributed by atoms with Crippen LogP contribution in [0.2, 0.25) is 5.02 Å². The number of rotatable bonds is 6. The highest BCUT2D eigenvalue weighted by Crippen LogP contribution is 2.33. The topological polar surface area (TPSA) is 126 Å². The Labute approximate surface area is 217 Å². The minimum absolute atomic E-state index is 0.173. The molecule has 0 aliphatic carbocycles. The number of hydrogen-bond donors (Lipinski definition) is 3. The van der Waals surface area contributed by atoms with E-state index in [0.29, 0.717) is 33.5 Å². The first-order valence-corrected chi connectivity index (χ1v) is 11.8. The van der Waals surface area contributed by atoms with Gasteiger partial charge in [0.25, 0.3) is 0 Å². The molecule has 37 heavy (non-hydrogen) atoms. The average molecular weight is 515 g/mol. The lowest BCUT2D eigenvalue weighted by Gasteiger charge is -2.23. The molecule has 0 fully saturated rings. The number of pyridine rings is 1. The van der Waals surface area contributed by atoms with Gasteiger partial charge in [0.05, 0.1) is 34.2 Å². The van der Waals surface area contributed by atoms with E-state index in [1.807, 2.05) is 50.2 Å². The maximum Gasteiger partial charge on any atom is 0.301 e. The van der Waals surface area contributed by atoms with Crippen LogP contribution >= 0.6 is 11.6 Å². The van der Waals surface area contributed by atoms with Crippen LogP contribution < -0.4 is 10.1 Å². The van der Waals surface area contributed by atoms with Gasteiger partial charge in [-0.2, -0.15) is 4.98 Å². The third-order valence-electron chi connectivity index (χ3n) is 5.67. The van der Waals surface area contributed by atoms with Crippen LogP contribution in [0.1, 0.15) is 26.6 Å². The molecule has 3 heterocycles. The van der Waals surface area contributed by atoms with Crippen LogP contribution in [0.5, 0.6) is 17.5 Å². The fraction of sp³-hybridized carbons (Fsp3) is 0.148. The van der Waals surface area contributed by atoms with E-state index in [1.54, 1.807) is 18.2 Å². The van der Waals surface area contributed by atoms with Gasteiger partial charge in [0.15, 0.2) is 17.2 Å². The van der Waals surface area contributed by atoms with Crippen LogP contribution in [0.25, 0.3) is 33.5 Å². The van der Waals surface area contributed by atoms with Crippen molar-refractivity contribution in [3.63, 3.8) is 0 Å². The first kappa shape index (κ1) is 24.2. The highest BCUT2D eigenvalue weighted by atomic mass is 35.5. The number of fused-ring (bicyclic) bond motifs is 1. The summed E-state index contributed by atoms with van der Waals surface area (Å²) >= 11 is 6.54. The second-order valence-electron chi connectivity index (χ2n) is 8.98. The average Bonchev–Trinajstić information content (AvgIpc) is 3.24. The van der Waals surface area contributed by atoms with Gasteiger partial charge in [0.2, 0.25) is 5.91 Å². The standard InChI is InChI=1S/C27H23ClN6O3/c1-15(35)34-27(2,3)25-29-13-18(14-30-25)37-26-31-21-12-20(28)23(32-24(21)33-26)17-10-8-16(9-11-17)19-6-4-5-7-22(19)36/h4-14,36H,1-3H3,(H,34,35)(H,31,32,33). The second-order valence-corrected chi connectivity index (χ2v) is 9.38. The van der Waals surface area contributed by atoms with Crippen LogP contribution in [-0.4, -0.2) is 35.9 Å². The summed E-state index contributed by atoms with van der Waals surface area (Å²) in [6.45, 7) is 5.07. The zero-order valence-electron chi connectivity index (χ0n) is 20.3. The van der Waals surface area contributed by atoms with Gasteiger partial charge in [-0.25, -0.2) is 15.0 Å². The monoisotopic (exact) mass is 514 g/mol. The van der Waals surface area contributed by atoms with Crippen molar-refractivity contribution in [1.82, 2.24) is 30.2 Å². The lowest BCUT2D eigenvalue weighted by atomic mass is 10.0. The molecule has 0 aliphatic rings. The summed E-state index contributed by atoms with van der Waals surface area (Å²) in [5, 5.41) is 13.4. The van der Waals surface area contributed by atoms with E-state index in [2.05, 4.69) is 30.2 Å². The Bertz CT molecular complexity index is 1600. The summed E-state index contributed by atoms with van der Waals surface area (Å²) in [5.41, 5.74) is 3.32. The maximum atomic E-state index is 11.4.